The zero-order chi connectivity index (χ0) is 19.8. The third kappa shape index (κ3) is 5.67. The van der Waals surface area contributed by atoms with E-state index in [1.165, 1.54) is 38.0 Å². The fourth-order valence-electron chi connectivity index (χ4n) is 2.59. The Morgan fingerprint density at radius 2 is 1.37 bits per heavy atom. The second kappa shape index (κ2) is 9.52. The number of methoxy groups -OCH3 is 2. The number of carbonyl (C=O) groups excluding carboxylic acids is 3. The van der Waals surface area contributed by atoms with Gasteiger partial charge in [0, 0.05) is 12.1 Å². The molecule has 0 radical (unpaired) electrons. The summed E-state index contributed by atoms with van der Waals surface area (Å²) in [4.78, 5) is 35.8. The smallest absolute Gasteiger partial charge is 0.337 e. The van der Waals surface area contributed by atoms with E-state index in [1.807, 2.05) is 12.1 Å². The van der Waals surface area contributed by atoms with Gasteiger partial charge in [-0.25, -0.2) is 9.59 Å². The Labute approximate surface area is 158 Å². The molecule has 27 heavy (non-hydrogen) atoms. The predicted molar refractivity (Wildman–Crippen MR) is 102 cm³/mol. The van der Waals surface area contributed by atoms with Crippen LogP contribution in [0.15, 0.2) is 42.5 Å². The zero-order valence-corrected chi connectivity index (χ0v) is 15.7. The van der Waals surface area contributed by atoms with E-state index in [-0.39, 0.29) is 23.5 Å². The molecular weight excluding hydrogens is 346 g/mol. The summed E-state index contributed by atoms with van der Waals surface area (Å²) in [5, 5.41) is 2.72. The summed E-state index contributed by atoms with van der Waals surface area (Å²) in [5.74, 6) is -1.42. The molecule has 2 aromatic carbocycles. The van der Waals surface area contributed by atoms with E-state index in [9.17, 15) is 14.4 Å². The standard InChI is InChI=1S/C21H23NO5/c1-4-14-5-7-15(8-6-14)9-10-19(23)22-18-12-16(20(24)26-2)11-17(13-18)21(25)27-3/h5-8,11-13H,4,9-10H2,1-3H3,(H,22,23). The number of amides is 1. The Morgan fingerprint density at radius 1 is 0.852 bits per heavy atom. The summed E-state index contributed by atoms with van der Waals surface area (Å²) in [5.41, 5.74) is 2.97. The van der Waals surface area contributed by atoms with Crippen molar-refractivity contribution in [3.05, 3.63) is 64.7 Å². The van der Waals surface area contributed by atoms with Crippen LogP contribution in [0.5, 0.6) is 0 Å². The first kappa shape index (κ1) is 20.2. The molecule has 6 heteroatoms. The zero-order valence-electron chi connectivity index (χ0n) is 15.7. The molecule has 0 aliphatic carbocycles. The maximum absolute atomic E-state index is 12.3. The van der Waals surface area contributed by atoms with Crippen LogP contribution in [0.1, 0.15) is 45.2 Å². The van der Waals surface area contributed by atoms with Gasteiger partial charge in [0.1, 0.15) is 0 Å². The second-order valence-electron chi connectivity index (χ2n) is 6.00. The molecule has 0 aliphatic heterocycles. The van der Waals surface area contributed by atoms with Crippen molar-refractivity contribution in [3.63, 3.8) is 0 Å². The van der Waals surface area contributed by atoms with Crippen molar-refractivity contribution in [1.82, 2.24) is 0 Å². The maximum Gasteiger partial charge on any atom is 0.337 e. The molecule has 1 amide bonds. The van der Waals surface area contributed by atoms with E-state index >= 15 is 0 Å². The summed E-state index contributed by atoms with van der Waals surface area (Å²) in [6.45, 7) is 2.09. The second-order valence-corrected chi connectivity index (χ2v) is 6.00. The molecule has 1 N–H and O–H groups in total. The molecule has 2 aromatic rings. The highest BCUT2D eigenvalue weighted by atomic mass is 16.5. The van der Waals surface area contributed by atoms with Crippen LogP contribution in [0.25, 0.3) is 0 Å². The third-order valence-electron chi connectivity index (χ3n) is 4.13. The number of benzene rings is 2. The molecule has 0 unspecified atom stereocenters. The molecule has 0 atom stereocenters. The number of aryl methyl sites for hydroxylation is 2. The average Bonchev–Trinajstić information content (AvgIpc) is 2.71. The van der Waals surface area contributed by atoms with Crippen molar-refractivity contribution in [3.8, 4) is 0 Å². The number of anilines is 1. The van der Waals surface area contributed by atoms with Crippen molar-refractivity contribution in [2.75, 3.05) is 19.5 Å². The van der Waals surface area contributed by atoms with E-state index < -0.39 is 11.9 Å². The van der Waals surface area contributed by atoms with Gasteiger partial charge in [-0.3, -0.25) is 4.79 Å². The Hall–Kier alpha value is -3.15. The monoisotopic (exact) mass is 369 g/mol. The summed E-state index contributed by atoms with van der Waals surface area (Å²) in [6.07, 6.45) is 1.84. The molecule has 0 spiro atoms. The van der Waals surface area contributed by atoms with Gasteiger partial charge < -0.3 is 14.8 Å². The van der Waals surface area contributed by atoms with Crippen LogP contribution in [0.3, 0.4) is 0 Å². The van der Waals surface area contributed by atoms with Gasteiger partial charge >= 0.3 is 11.9 Å². The summed E-state index contributed by atoms with van der Waals surface area (Å²) in [7, 11) is 2.49. The van der Waals surface area contributed by atoms with Gasteiger partial charge in [-0.05, 0) is 42.2 Å². The molecule has 142 valence electrons. The van der Waals surface area contributed by atoms with Crippen LogP contribution >= 0.6 is 0 Å². The summed E-state index contributed by atoms with van der Waals surface area (Å²) >= 11 is 0. The number of carbonyl (C=O) groups is 3. The highest BCUT2D eigenvalue weighted by molar-refractivity contribution is 5.99. The van der Waals surface area contributed by atoms with Crippen LogP contribution in [-0.4, -0.2) is 32.1 Å². The average molecular weight is 369 g/mol. The van der Waals surface area contributed by atoms with Crippen LogP contribution in [-0.2, 0) is 27.1 Å². The molecule has 2 rings (SSSR count). The summed E-state index contributed by atoms with van der Waals surface area (Å²) in [6, 6.07) is 12.4. The molecular formula is C21H23NO5. The first-order valence-corrected chi connectivity index (χ1v) is 8.66. The topological polar surface area (TPSA) is 81.7 Å². The van der Waals surface area contributed by atoms with E-state index in [0.29, 0.717) is 12.1 Å². The Kier molecular flexibility index (Phi) is 7.11. The lowest BCUT2D eigenvalue weighted by Crippen LogP contribution is -2.14. The molecule has 6 nitrogen and oxygen atoms in total. The number of ether oxygens (including phenoxy) is 2. The van der Waals surface area contributed by atoms with Crippen LogP contribution in [0.2, 0.25) is 0 Å². The molecule has 0 bridgehead atoms. The quantitative estimate of drug-likeness (QED) is 0.757. The van der Waals surface area contributed by atoms with Crippen LogP contribution in [0.4, 0.5) is 5.69 Å². The molecule has 0 fully saturated rings. The van der Waals surface area contributed by atoms with Gasteiger partial charge in [0.25, 0.3) is 0 Å². The predicted octanol–water partition coefficient (Wildman–Crippen LogP) is 3.39. The fraction of sp³-hybridized carbons (Fsp3) is 0.286. The lowest BCUT2D eigenvalue weighted by atomic mass is 10.1. The van der Waals surface area contributed by atoms with Gasteiger partial charge in [0.15, 0.2) is 0 Å². The number of nitrogens with one attached hydrogen (secondary N) is 1. The number of rotatable bonds is 7. The van der Waals surface area contributed by atoms with E-state index in [1.54, 1.807) is 0 Å². The van der Waals surface area contributed by atoms with Crippen molar-refractivity contribution >= 4 is 23.5 Å². The molecule has 0 aromatic heterocycles. The maximum atomic E-state index is 12.3. The first-order chi connectivity index (χ1) is 13.0. The number of esters is 2. The Balaban J connectivity index is 2.08. The van der Waals surface area contributed by atoms with Crippen molar-refractivity contribution in [1.29, 1.82) is 0 Å². The Morgan fingerprint density at radius 3 is 1.85 bits per heavy atom. The lowest BCUT2D eigenvalue weighted by molar-refractivity contribution is -0.116. The molecule has 0 saturated carbocycles. The van der Waals surface area contributed by atoms with Gasteiger partial charge in [0.2, 0.25) is 5.91 Å². The minimum atomic E-state index is -0.604. The highest BCUT2D eigenvalue weighted by Crippen LogP contribution is 2.18. The van der Waals surface area contributed by atoms with Gasteiger partial charge in [-0.15, -0.1) is 0 Å². The number of hydrogen-bond donors (Lipinski definition) is 1. The summed E-state index contributed by atoms with van der Waals surface area (Å²) < 4.78 is 9.37. The highest BCUT2D eigenvalue weighted by Gasteiger charge is 2.15. The van der Waals surface area contributed by atoms with E-state index in [2.05, 4.69) is 33.8 Å². The molecule has 0 aliphatic rings. The SMILES string of the molecule is CCc1ccc(CCC(=O)Nc2cc(C(=O)OC)cc(C(=O)OC)c2)cc1. The molecule has 0 saturated heterocycles. The van der Waals surface area contributed by atoms with Gasteiger partial charge in [-0.1, -0.05) is 31.2 Å². The minimum Gasteiger partial charge on any atom is -0.465 e. The van der Waals surface area contributed by atoms with Gasteiger partial charge in [0.05, 0.1) is 25.3 Å². The number of hydrogen-bond acceptors (Lipinski definition) is 5. The van der Waals surface area contributed by atoms with Crippen molar-refractivity contribution < 1.29 is 23.9 Å². The Bertz CT molecular complexity index is 793. The third-order valence-corrected chi connectivity index (χ3v) is 4.13. The van der Waals surface area contributed by atoms with E-state index in [4.69, 9.17) is 0 Å². The van der Waals surface area contributed by atoms with Crippen molar-refractivity contribution in [2.24, 2.45) is 0 Å². The fourth-order valence-corrected chi connectivity index (χ4v) is 2.59. The minimum absolute atomic E-state index is 0.158. The molecule has 0 heterocycles. The lowest BCUT2D eigenvalue weighted by Gasteiger charge is -2.10. The van der Waals surface area contributed by atoms with Gasteiger partial charge in [-0.2, -0.15) is 0 Å². The van der Waals surface area contributed by atoms with E-state index in [0.717, 1.165) is 12.0 Å². The van der Waals surface area contributed by atoms with Crippen molar-refractivity contribution in [2.45, 2.75) is 26.2 Å². The first-order valence-electron chi connectivity index (χ1n) is 8.66. The van der Waals surface area contributed by atoms with Crippen LogP contribution in [0, 0.1) is 0 Å². The van der Waals surface area contributed by atoms with Crippen LogP contribution < -0.4 is 5.32 Å². The largest absolute Gasteiger partial charge is 0.465 e. The normalized spacial score (nSPS) is 10.2.